The van der Waals surface area contributed by atoms with Gasteiger partial charge in [0.15, 0.2) is 0 Å². The normalized spacial score (nSPS) is 17.7. The molecule has 1 aliphatic carbocycles. The Bertz CT molecular complexity index is 1560. The summed E-state index contributed by atoms with van der Waals surface area (Å²) in [7, 11) is 0. The van der Waals surface area contributed by atoms with Crippen molar-refractivity contribution in [1.82, 2.24) is 4.57 Å². The van der Waals surface area contributed by atoms with Crippen LogP contribution in [-0.4, -0.2) is 4.57 Å². The summed E-state index contributed by atoms with van der Waals surface area (Å²) < 4.78 is 3.54. The number of fused-ring (bicyclic) bond motifs is 4. The SMILES string of the molecule is CC1(C)c2cc(Br)c(-c3ccc(-n4c5ccccc5c5ccccc54)cc3)cc2C(C)(C)C1(C)C. The molecule has 0 radical (unpaired) electrons. The van der Waals surface area contributed by atoms with Gasteiger partial charge in [-0.2, -0.15) is 0 Å². The van der Waals surface area contributed by atoms with Gasteiger partial charge in [0.05, 0.1) is 11.0 Å². The molecule has 176 valence electrons. The molecule has 0 fully saturated rings. The average Bonchev–Trinajstić information content (AvgIpc) is 3.22. The number of nitrogens with zero attached hydrogens (tertiary/aromatic N) is 1. The van der Waals surface area contributed by atoms with Gasteiger partial charge < -0.3 is 4.57 Å². The minimum atomic E-state index is 0.0875. The van der Waals surface area contributed by atoms with E-state index in [-0.39, 0.29) is 16.2 Å². The summed E-state index contributed by atoms with van der Waals surface area (Å²) >= 11 is 3.93. The number of rotatable bonds is 2. The molecule has 35 heavy (non-hydrogen) atoms. The van der Waals surface area contributed by atoms with E-state index in [1.165, 1.54) is 54.2 Å². The average molecular weight is 523 g/mol. The molecule has 4 aromatic carbocycles. The van der Waals surface area contributed by atoms with Gasteiger partial charge in [0.2, 0.25) is 0 Å². The standard InChI is InChI=1S/C33H32BrN/c1-31(2)26-19-25(28(34)20-27(26)32(3,4)33(31,5)6)21-15-17-22(18-16-21)35-29-13-9-7-11-23(29)24-12-8-10-14-30(24)35/h7-20H,1-6H3. The number of aromatic nitrogens is 1. The molecule has 0 atom stereocenters. The maximum absolute atomic E-state index is 3.93. The fourth-order valence-electron chi connectivity index (χ4n) is 6.27. The summed E-state index contributed by atoms with van der Waals surface area (Å²) in [5, 5.41) is 2.59. The molecular weight excluding hydrogens is 490 g/mol. The van der Waals surface area contributed by atoms with Gasteiger partial charge in [-0.05, 0) is 74.9 Å². The Kier molecular flexibility index (Phi) is 4.74. The van der Waals surface area contributed by atoms with E-state index >= 15 is 0 Å². The lowest BCUT2D eigenvalue weighted by Gasteiger charge is -2.44. The summed E-state index contributed by atoms with van der Waals surface area (Å²) in [5.74, 6) is 0. The molecule has 1 heterocycles. The van der Waals surface area contributed by atoms with Crippen molar-refractivity contribution in [2.24, 2.45) is 5.41 Å². The molecule has 0 spiro atoms. The molecule has 0 saturated carbocycles. The molecule has 5 aromatic rings. The Morgan fingerprint density at radius 3 is 1.63 bits per heavy atom. The maximum Gasteiger partial charge on any atom is 0.0541 e. The largest absolute Gasteiger partial charge is 0.309 e. The number of benzene rings is 4. The molecule has 1 nitrogen and oxygen atoms in total. The molecule has 6 rings (SSSR count). The van der Waals surface area contributed by atoms with Gasteiger partial charge in [0.25, 0.3) is 0 Å². The minimum absolute atomic E-state index is 0.0875. The zero-order chi connectivity index (χ0) is 24.8. The zero-order valence-electron chi connectivity index (χ0n) is 21.4. The summed E-state index contributed by atoms with van der Waals surface area (Å²) in [6.07, 6.45) is 0. The summed E-state index contributed by atoms with van der Waals surface area (Å²) in [6, 6.07) is 31.2. The van der Waals surface area contributed by atoms with E-state index in [0.717, 1.165) is 0 Å². The number of hydrogen-bond donors (Lipinski definition) is 0. The summed E-state index contributed by atoms with van der Waals surface area (Å²) in [5.41, 5.74) is 9.45. The Balaban J connectivity index is 1.49. The second-order valence-corrected chi connectivity index (χ2v) is 12.5. The van der Waals surface area contributed by atoms with Crippen molar-refractivity contribution in [3.05, 3.63) is 101 Å². The fraction of sp³-hybridized carbons (Fsp3) is 0.273. The van der Waals surface area contributed by atoms with Gasteiger partial charge in [-0.3, -0.25) is 0 Å². The molecule has 1 aromatic heterocycles. The second kappa shape index (κ2) is 7.34. The van der Waals surface area contributed by atoms with E-state index in [9.17, 15) is 0 Å². The zero-order valence-corrected chi connectivity index (χ0v) is 23.0. The van der Waals surface area contributed by atoms with E-state index in [1.807, 2.05) is 0 Å². The van der Waals surface area contributed by atoms with Crippen molar-refractivity contribution < 1.29 is 0 Å². The molecule has 2 heteroatoms. The summed E-state index contributed by atoms with van der Waals surface area (Å²) in [6.45, 7) is 14.4. The maximum atomic E-state index is 3.93. The van der Waals surface area contributed by atoms with Crippen molar-refractivity contribution in [3.8, 4) is 16.8 Å². The highest BCUT2D eigenvalue weighted by molar-refractivity contribution is 9.10. The van der Waals surface area contributed by atoms with Gasteiger partial charge in [0, 0.05) is 20.9 Å². The van der Waals surface area contributed by atoms with Crippen LogP contribution in [0, 0.1) is 5.41 Å². The molecule has 0 unspecified atom stereocenters. The highest BCUT2D eigenvalue weighted by Crippen LogP contribution is 2.62. The Hall–Kier alpha value is -2.84. The number of hydrogen-bond acceptors (Lipinski definition) is 0. The van der Waals surface area contributed by atoms with Crippen molar-refractivity contribution in [2.75, 3.05) is 0 Å². The third kappa shape index (κ3) is 2.93. The molecule has 0 saturated heterocycles. The first-order valence-electron chi connectivity index (χ1n) is 12.5. The number of halogens is 1. The predicted octanol–water partition coefficient (Wildman–Crippen LogP) is 9.81. The lowest BCUT2D eigenvalue weighted by Crippen LogP contribution is -2.42. The molecule has 0 amide bonds. The van der Waals surface area contributed by atoms with Crippen LogP contribution in [0.4, 0.5) is 0 Å². The quantitative estimate of drug-likeness (QED) is 0.217. The van der Waals surface area contributed by atoms with Gasteiger partial charge in [0.1, 0.15) is 0 Å². The highest BCUT2D eigenvalue weighted by atomic mass is 79.9. The van der Waals surface area contributed by atoms with Crippen LogP contribution in [0.5, 0.6) is 0 Å². The van der Waals surface area contributed by atoms with Crippen molar-refractivity contribution in [2.45, 2.75) is 52.4 Å². The first-order chi connectivity index (χ1) is 16.6. The lowest BCUT2D eigenvalue weighted by molar-refractivity contribution is 0.125. The highest BCUT2D eigenvalue weighted by Gasteiger charge is 2.56. The van der Waals surface area contributed by atoms with Gasteiger partial charge in [-0.25, -0.2) is 0 Å². The van der Waals surface area contributed by atoms with Crippen LogP contribution in [0.3, 0.4) is 0 Å². The van der Waals surface area contributed by atoms with Crippen LogP contribution in [-0.2, 0) is 10.8 Å². The predicted molar refractivity (Wildman–Crippen MR) is 154 cm³/mol. The first kappa shape index (κ1) is 22.6. The van der Waals surface area contributed by atoms with Gasteiger partial charge in [-0.15, -0.1) is 0 Å². The fourth-order valence-corrected chi connectivity index (χ4v) is 6.85. The van der Waals surface area contributed by atoms with E-state index in [0.29, 0.717) is 0 Å². The van der Waals surface area contributed by atoms with Crippen molar-refractivity contribution >= 4 is 37.7 Å². The molecule has 0 N–H and O–H groups in total. The van der Waals surface area contributed by atoms with Crippen LogP contribution in [0.15, 0.2) is 89.4 Å². The van der Waals surface area contributed by atoms with E-state index in [1.54, 1.807) is 0 Å². The van der Waals surface area contributed by atoms with E-state index < -0.39 is 0 Å². The third-order valence-electron chi connectivity index (χ3n) is 9.60. The Labute approximate surface area is 216 Å². The van der Waals surface area contributed by atoms with Crippen LogP contribution in [0.1, 0.15) is 52.7 Å². The topological polar surface area (TPSA) is 4.93 Å². The van der Waals surface area contributed by atoms with E-state index in [4.69, 9.17) is 0 Å². The molecule has 1 aliphatic rings. The smallest absolute Gasteiger partial charge is 0.0541 e. The van der Waals surface area contributed by atoms with Gasteiger partial charge >= 0.3 is 0 Å². The van der Waals surface area contributed by atoms with Crippen LogP contribution in [0.2, 0.25) is 0 Å². The first-order valence-corrected chi connectivity index (χ1v) is 13.3. The molecule has 0 aliphatic heterocycles. The van der Waals surface area contributed by atoms with Gasteiger partial charge in [-0.1, -0.05) is 106 Å². The van der Waals surface area contributed by atoms with Crippen molar-refractivity contribution in [3.63, 3.8) is 0 Å². The van der Waals surface area contributed by atoms with Crippen LogP contribution >= 0.6 is 15.9 Å². The van der Waals surface area contributed by atoms with Crippen molar-refractivity contribution in [1.29, 1.82) is 0 Å². The monoisotopic (exact) mass is 521 g/mol. The number of para-hydroxylation sites is 2. The lowest BCUT2D eigenvalue weighted by atomic mass is 9.59. The third-order valence-corrected chi connectivity index (χ3v) is 10.3. The van der Waals surface area contributed by atoms with Crippen LogP contribution in [0.25, 0.3) is 38.6 Å². The minimum Gasteiger partial charge on any atom is -0.309 e. The molecule has 0 bridgehead atoms. The molecular formula is C33H32BrN. The van der Waals surface area contributed by atoms with E-state index in [2.05, 4.69) is 147 Å². The Morgan fingerprint density at radius 2 is 1.09 bits per heavy atom. The Morgan fingerprint density at radius 1 is 0.600 bits per heavy atom. The second-order valence-electron chi connectivity index (χ2n) is 11.7. The summed E-state index contributed by atoms with van der Waals surface area (Å²) in [4.78, 5) is 0. The van der Waals surface area contributed by atoms with Crippen LogP contribution < -0.4 is 0 Å².